The van der Waals surface area contributed by atoms with Gasteiger partial charge in [-0.1, -0.05) is 18.2 Å². The van der Waals surface area contributed by atoms with Gasteiger partial charge in [-0.3, -0.25) is 4.79 Å². The maximum Gasteiger partial charge on any atom is 0.246 e. The van der Waals surface area contributed by atoms with Gasteiger partial charge in [0.15, 0.2) is 0 Å². The van der Waals surface area contributed by atoms with Crippen molar-refractivity contribution in [2.24, 2.45) is 0 Å². The number of rotatable bonds is 2. The summed E-state index contributed by atoms with van der Waals surface area (Å²) in [6, 6.07) is 13.7. The number of amides is 1. The van der Waals surface area contributed by atoms with Gasteiger partial charge in [-0.2, -0.15) is 5.26 Å². The Hall–Kier alpha value is -2.80. The summed E-state index contributed by atoms with van der Waals surface area (Å²) in [6.07, 6.45) is 0. The number of anilines is 2. The van der Waals surface area contributed by atoms with Crippen molar-refractivity contribution >= 4 is 17.3 Å². The molecule has 1 heterocycles. The molecular formula is C18H17N3O. The fourth-order valence-electron chi connectivity index (χ4n) is 2.68. The second-order valence-electron chi connectivity index (χ2n) is 5.56. The minimum atomic E-state index is 0.0171. The Morgan fingerprint density at radius 1 is 1.23 bits per heavy atom. The van der Waals surface area contributed by atoms with Crippen molar-refractivity contribution in [1.82, 2.24) is 0 Å². The van der Waals surface area contributed by atoms with E-state index >= 15 is 0 Å². The summed E-state index contributed by atoms with van der Waals surface area (Å²) >= 11 is 0. The minimum absolute atomic E-state index is 0.0171. The predicted octanol–water partition coefficient (Wildman–Crippen LogP) is 3.13. The normalized spacial score (nSPS) is 13.3. The van der Waals surface area contributed by atoms with Crippen LogP contribution in [0.5, 0.6) is 0 Å². The number of nitrogens with zero attached hydrogens (tertiary/aromatic N) is 2. The van der Waals surface area contributed by atoms with Crippen LogP contribution >= 0.6 is 0 Å². The third kappa shape index (κ3) is 2.42. The zero-order valence-corrected chi connectivity index (χ0v) is 12.7. The molecule has 1 aliphatic heterocycles. The van der Waals surface area contributed by atoms with E-state index in [1.807, 2.05) is 31.2 Å². The van der Waals surface area contributed by atoms with Crippen LogP contribution in [0.15, 0.2) is 36.4 Å². The van der Waals surface area contributed by atoms with Crippen LogP contribution in [-0.4, -0.2) is 12.5 Å². The highest BCUT2D eigenvalue weighted by Gasteiger charge is 2.25. The molecule has 0 spiro atoms. The Kier molecular flexibility index (Phi) is 3.56. The molecule has 0 aliphatic carbocycles. The van der Waals surface area contributed by atoms with Crippen LogP contribution in [-0.2, 0) is 11.3 Å². The molecule has 0 radical (unpaired) electrons. The largest absolute Gasteiger partial charge is 0.374 e. The lowest BCUT2D eigenvalue weighted by atomic mass is 10.0. The topological polar surface area (TPSA) is 56.1 Å². The number of hydrogen-bond donors (Lipinski definition) is 1. The van der Waals surface area contributed by atoms with Gasteiger partial charge in [0.05, 0.1) is 36.1 Å². The second kappa shape index (κ2) is 5.53. The van der Waals surface area contributed by atoms with E-state index in [1.54, 1.807) is 11.0 Å². The lowest BCUT2D eigenvalue weighted by molar-refractivity contribution is -0.117. The van der Waals surface area contributed by atoms with Gasteiger partial charge in [0.1, 0.15) is 0 Å². The van der Waals surface area contributed by atoms with Gasteiger partial charge >= 0.3 is 0 Å². The fourth-order valence-corrected chi connectivity index (χ4v) is 2.68. The third-order valence-electron chi connectivity index (χ3n) is 4.10. The molecule has 0 aromatic heterocycles. The first-order valence-electron chi connectivity index (χ1n) is 7.23. The first kappa shape index (κ1) is 14.2. The maximum atomic E-state index is 12.3. The first-order valence-corrected chi connectivity index (χ1v) is 7.23. The molecule has 0 unspecified atom stereocenters. The highest BCUT2D eigenvalue weighted by Crippen LogP contribution is 2.33. The molecule has 3 rings (SSSR count). The van der Waals surface area contributed by atoms with E-state index in [2.05, 4.69) is 24.4 Å². The molecule has 1 amide bonds. The summed E-state index contributed by atoms with van der Waals surface area (Å²) in [5.41, 5.74) is 5.67. The van der Waals surface area contributed by atoms with Crippen LogP contribution in [0.2, 0.25) is 0 Å². The molecule has 1 aliphatic rings. The van der Waals surface area contributed by atoms with Crippen molar-refractivity contribution in [3.63, 3.8) is 0 Å². The molecule has 0 atom stereocenters. The molecule has 0 fully saturated rings. The molecule has 2 aromatic carbocycles. The van der Waals surface area contributed by atoms with Crippen molar-refractivity contribution in [3.05, 3.63) is 58.7 Å². The SMILES string of the molecule is Cc1cc2c(cc1C)N(Cc1ccccc1C#N)C(=O)CN2. The Morgan fingerprint density at radius 2 is 1.95 bits per heavy atom. The molecule has 110 valence electrons. The number of nitrogens with one attached hydrogen (secondary N) is 1. The third-order valence-corrected chi connectivity index (χ3v) is 4.10. The summed E-state index contributed by atoms with van der Waals surface area (Å²) < 4.78 is 0. The summed E-state index contributed by atoms with van der Waals surface area (Å²) in [5.74, 6) is 0.0171. The summed E-state index contributed by atoms with van der Waals surface area (Å²) in [6.45, 7) is 4.79. The predicted molar refractivity (Wildman–Crippen MR) is 86.8 cm³/mol. The molecule has 0 saturated heterocycles. The Balaban J connectivity index is 2.03. The van der Waals surface area contributed by atoms with E-state index in [1.165, 1.54) is 5.56 Å². The zero-order valence-electron chi connectivity index (χ0n) is 12.7. The van der Waals surface area contributed by atoms with E-state index in [4.69, 9.17) is 0 Å². The summed E-state index contributed by atoms with van der Waals surface area (Å²) in [4.78, 5) is 14.1. The molecule has 22 heavy (non-hydrogen) atoms. The van der Waals surface area contributed by atoms with Crippen LogP contribution in [0.3, 0.4) is 0 Å². The van der Waals surface area contributed by atoms with Crippen LogP contribution in [0, 0.1) is 25.2 Å². The average molecular weight is 291 g/mol. The minimum Gasteiger partial charge on any atom is -0.374 e. The van der Waals surface area contributed by atoms with Gasteiger partial charge in [0, 0.05) is 0 Å². The number of carbonyl (C=O) groups is 1. The van der Waals surface area contributed by atoms with Crippen molar-refractivity contribution in [3.8, 4) is 6.07 Å². The molecular weight excluding hydrogens is 274 g/mol. The zero-order chi connectivity index (χ0) is 15.7. The average Bonchev–Trinajstić information content (AvgIpc) is 2.52. The molecule has 0 bridgehead atoms. The van der Waals surface area contributed by atoms with Crippen molar-refractivity contribution in [2.45, 2.75) is 20.4 Å². The van der Waals surface area contributed by atoms with Gasteiger partial charge < -0.3 is 10.2 Å². The smallest absolute Gasteiger partial charge is 0.246 e. The van der Waals surface area contributed by atoms with E-state index in [0.29, 0.717) is 12.1 Å². The van der Waals surface area contributed by atoms with Gasteiger partial charge in [-0.15, -0.1) is 0 Å². The van der Waals surface area contributed by atoms with Crippen molar-refractivity contribution < 1.29 is 4.79 Å². The van der Waals surface area contributed by atoms with Gasteiger partial charge in [-0.25, -0.2) is 0 Å². The van der Waals surface area contributed by atoms with Gasteiger partial charge in [-0.05, 0) is 48.7 Å². The number of aryl methyl sites for hydroxylation is 2. The van der Waals surface area contributed by atoms with Gasteiger partial charge in [0.25, 0.3) is 0 Å². The Morgan fingerprint density at radius 3 is 2.73 bits per heavy atom. The Bertz CT molecular complexity index is 789. The monoisotopic (exact) mass is 291 g/mol. The second-order valence-corrected chi connectivity index (χ2v) is 5.56. The van der Waals surface area contributed by atoms with Crippen LogP contribution in [0.4, 0.5) is 11.4 Å². The Labute approximate surface area is 130 Å². The number of carbonyl (C=O) groups excluding carboxylic acids is 1. The van der Waals surface area contributed by atoms with Gasteiger partial charge in [0.2, 0.25) is 5.91 Å². The fraction of sp³-hybridized carbons (Fsp3) is 0.222. The van der Waals surface area contributed by atoms with E-state index in [0.717, 1.165) is 22.5 Å². The standard InChI is InChI=1S/C18H17N3O/c1-12-7-16-17(8-13(12)2)21(18(22)10-20-16)11-15-6-4-3-5-14(15)9-19/h3-8,20H,10-11H2,1-2H3. The highest BCUT2D eigenvalue weighted by molar-refractivity contribution is 6.02. The number of benzene rings is 2. The molecule has 4 nitrogen and oxygen atoms in total. The quantitative estimate of drug-likeness (QED) is 0.924. The first-order chi connectivity index (χ1) is 10.6. The maximum absolute atomic E-state index is 12.3. The van der Waals surface area contributed by atoms with Crippen LogP contribution < -0.4 is 10.2 Å². The van der Waals surface area contributed by atoms with Crippen LogP contribution in [0.1, 0.15) is 22.3 Å². The molecule has 2 aromatic rings. The molecule has 4 heteroatoms. The molecule has 0 saturated carbocycles. The van der Waals surface area contributed by atoms with E-state index < -0.39 is 0 Å². The van der Waals surface area contributed by atoms with E-state index in [-0.39, 0.29) is 12.5 Å². The highest BCUT2D eigenvalue weighted by atomic mass is 16.2. The lowest BCUT2D eigenvalue weighted by Crippen LogP contribution is -2.39. The van der Waals surface area contributed by atoms with Crippen molar-refractivity contribution in [1.29, 1.82) is 5.26 Å². The lowest BCUT2D eigenvalue weighted by Gasteiger charge is -2.31. The van der Waals surface area contributed by atoms with E-state index in [9.17, 15) is 10.1 Å². The summed E-state index contributed by atoms with van der Waals surface area (Å²) in [7, 11) is 0. The number of fused-ring (bicyclic) bond motifs is 1. The van der Waals surface area contributed by atoms with Crippen molar-refractivity contribution in [2.75, 3.05) is 16.8 Å². The summed E-state index contributed by atoms with van der Waals surface area (Å²) in [5, 5.41) is 12.4. The number of nitriles is 1. The number of hydrogen-bond acceptors (Lipinski definition) is 3. The molecule has 1 N–H and O–H groups in total. The van der Waals surface area contributed by atoms with Crippen LogP contribution in [0.25, 0.3) is 0 Å².